The lowest BCUT2D eigenvalue weighted by Gasteiger charge is -2.37. The Labute approximate surface area is 171 Å². The van der Waals surface area contributed by atoms with Crippen LogP contribution < -0.4 is 10.5 Å². The van der Waals surface area contributed by atoms with E-state index in [2.05, 4.69) is 51.3 Å². The average molecular weight is 408 g/mol. The fourth-order valence-electron chi connectivity index (χ4n) is 2.78. The Kier molecular flexibility index (Phi) is 7.51. The summed E-state index contributed by atoms with van der Waals surface area (Å²) in [6, 6.07) is 7.59. The second-order valence-electron chi connectivity index (χ2n) is 9.93. The molecular weight excluding hydrogens is 370 g/mol. The number of ether oxygens (including phenoxy) is 2. The quantitative estimate of drug-likeness (QED) is 0.573. The summed E-state index contributed by atoms with van der Waals surface area (Å²) < 4.78 is 10.2. The van der Waals surface area contributed by atoms with Gasteiger partial charge in [0, 0.05) is 5.92 Å². The van der Waals surface area contributed by atoms with Gasteiger partial charge in [0.25, 0.3) is 0 Å². The fourth-order valence-corrected chi connectivity index (χ4v) is 4.64. The first-order valence-corrected chi connectivity index (χ1v) is 12.8. The van der Waals surface area contributed by atoms with Crippen molar-refractivity contribution >= 4 is 25.3 Å². The summed E-state index contributed by atoms with van der Waals surface area (Å²) in [5, 5.41) is 4.27. The van der Waals surface area contributed by atoms with Gasteiger partial charge >= 0.3 is 12.1 Å². The Morgan fingerprint density at radius 1 is 1.00 bits per heavy atom. The molecule has 0 fully saturated rings. The minimum atomic E-state index is -1.63. The number of hydrogen-bond donors (Lipinski definition) is 1. The van der Waals surface area contributed by atoms with Crippen LogP contribution >= 0.6 is 0 Å². The first kappa shape index (κ1) is 24.2. The molecule has 1 aromatic rings. The molecule has 1 amide bonds. The molecule has 6 heteroatoms. The smallest absolute Gasteiger partial charge is 0.408 e. The number of carbonyl (C=O) groups is 2. The first-order valence-electron chi connectivity index (χ1n) is 9.78. The van der Waals surface area contributed by atoms with Crippen molar-refractivity contribution in [3.8, 4) is 0 Å². The van der Waals surface area contributed by atoms with Crippen LogP contribution in [-0.4, -0.2) is 38.9 Å². The van der Waals surface area contributed by atoms with Gasteiger partial charge in [-0.2, -0.15) is 0 Å². The third-order valence-corrected chi connectivity index (χ3v) is 11.2. The average Bonchev–Trinajstić information content (AvgIpc) is 2.56. The minimum absolute atomic E-state index is 0.243. The van der Waals surface area contributed by atoms with Gasteiger partial charge in [-0.3, -0.25) is 0 Å². The van der Waals surface area contributed by atoms with Crippen molar-refractivity contribution in [3.63, 3.8) is 0 Å². The predicted octanol–water partition coefficient (Wildman–Crippen LogP) is 4.57. The lowest BCUT2D eigenvalue weighted by molar-refractivity contribution is -0.143. The highest BCUT2D eigenvalue weighted by molar-refractivity contribution is 6.92. The third kappa shape index (κ3) is 6.09. The minimum Gasteiger partial charge on any atom is -0.467 e. The highest BCUT2D eigenvalue weighted by Gasteiger charge is 2.37. The van der Waals surface area contributed by atoms with E-state index in [0.29, 0.717) is 0 Å². The molecule has 0 radical (unpaired) electrons. The van der Waals surface area contributed by atoms with Gasteiger partial charge in [0.1, 0.15) is 11.6 Å². The van der Waals surface area contributed by atoms with E-state index in [0.717, 1.165) is 5.56 Å². The van der Waals surface area contributed by atoms with Crippen molar-refractivity contribution in [2.45, 2.75) is 84.2 Å². The standard InChI is InChI=1S/C22H37NO4Si/c1-15(18(19(24)26-8)23-20(25)27-21(2,3)4)16-11-13-17(14-12-16)28(9,10)22(5,6)7/h11-15,18H,1-10H3,(H,23,25)/t15?,18-/m0/s1. The van der Waals surface area contributed by atoms with E-state index >= 15 is 0 Å². The Balaban J connectivity index is 3.08. The number of hydrogen-bond acceptors (Lipinski definition) is 4. The number of nitrogens with one attached hydrogen (secondary N) is 1. The molecule has 0 bridgehead atoms. The summed E-state index contributed by atoms with van der Waals surface area (Å²) in [6.07, 6.45) is -0.632. The summed E-state index contributed by atoms with van der Waals surface area (Å²) in [7, 11) is -0.310. The topological polar surface area (TPSA) is 64.6 Å². The van der Waals surface area contributed by atoms with Gasteiger partial charge in [0.2, 0.25) is 0 Å². The van der Waals surface area contributed by atoms with E-state index < -0.39 is 31.8 Å². The highest BCUT2D eigenvalue weighted by Crippen LogP contribution is 2.35. The van der Waals surface area contributed by atoms with Crippen LogP contribution in [0.25, 0.3) is 0 Å². The molecule has 1 unspecified atom stereocenters. The third-order valence-electron chi connectivity index (χ3n) is 5.66. The second-order valence-corrected chi connectivity index (χ2v) is 15.3. The molecule has 28 heavy (non-hydrogen) atoms. The van der Waals surface area contributed by atoms with Crippen LogP contribution in [-0.2, 0) is 14.3 Å². The van der Waals surface area contributed by atoms with E-state index in [-0.39, 0.29) is 11.0 Å². The van der Waals surface area contributed by atoms with E-state index in [1.54, 1.807) is 20.8 Å². The molecule has 0 spiro atoms. The molecule has 0 aliphatic rings. The molecule has 0 aromatic heterocycles. The summed E-state index contributed by atoms with van der Waals surface area (Å²) in [4.78, 5) is 24.5. The summed E-state index contributed by atoms with van der Waals surface area (Å²) in [5.41, 5.74) is 0.327. The van der Waals surface area contributed by atoms with Gasteiger partial charge in [-0.05, 0) is 31.4 Å². The summed E-state index contributed by atoms with van der Waals surface area (Å²) in [5.74, 6) is -0.750. The Morgan fingerprint density at radius 2 is 1.50 bits per heavy atom. The SMILES string of the molecule is COC(=O)[C@@H](NC(=O)OC(C)(C)C)C(C)c1ccc([Si](C)(C)C(C)(C)C)cc1. The number of alkyl carbamates (subject to hydrolysis) is 1. The van der Waals surface area contributed by atoms with E-state index in [9.17, 15) is 9.59 Å². The number of carbonyl (C=O) groups excluding carboxylic acids is 2. The van der Waals surface area contributed by atoms with E-state index in [4.69, 9.17) is 9.47 Å². The largest absolute Gasteiger partial charge is 0.467 e. The number of benzene rings is 1. The van der Waals surface area contributed by atoms with Gasteiger partial charge in [-0.25, -0.2) is 9.59 Å². The molecule has 1 aromatic carbocycles. The normalized spacial score (nSPS) is 14.8. The van der Waals surface area contributed by atoms with Crippen molar-refractivity contribution in [3.05, 3.63) is 29.8 Å². The molecular formula is C22H37NO4Si. The molecule has 158 valence electrons. The van der Waals surface area contributed by atoms with Crippen molar-refractivity contribution in [1.29, 1.82) is 0 Å². The highest BCUT2D eigenvalue weighted by atomic mass is 28.3. The molecule has 2 atom stereocenters. The van der Waals surface area contributed by atoms with E-state index in [1.807, 2.05) is 19.1 Å². The molecule has 0 aliphatic heterocycles. The lowest BCUT2D eigenvalue weighted by atomic mass is 9.93. The van der Waals surface area contributed by atoms with Crippen LogP contribution in [0.15, 0.2) is 24.3 Å². The second kappa shape index (κ2) is 8.68. The molecule has 5 nitrogen and oxygen atoms in total. The zero-order valence-corrected chi connectivity index (χ0v) is 20.1. The van der Waals surface area contributed by atoms with Gasteiger partial charge in [-0.1, -0.05) is 70.2 Å². The Bertz CT molecular complexity index is 684. The van der Waals surface area contributed by atoms with E-state index in [1.165, 1.54) is 12.3 Å². The zero-order valence-electron chi connectivity index (χ0n) is 19.1. The molecule has 0 saturated carbocycles. The molecule has 0 aliphatic carbocycles. The predicted molar refractivity (Wildman–Crippen MR) is 117 cm³/mol. The summed E-state index contributed by atoms with van der Waals surface area (Å²) in [6.45, 7) is 18.8. The Hall–Kier alpha value is -1.82. The Morgan fingerprint density at radius 3 is 1.89 bits per heavy atom. The van der Waals surface area contributed by atoms with Crippen LogP contribution in [0.3, 0.4) is 0 Å². The number of methoxy groups -OCH3 is 1. The maximum absolute atomic E-state index is 12.3. The van der Waals surface area contributed by atoms with Crippen LogP contribution in [0.5, 0.6) is 0 Å². The van der Waals surface area contributed by atoms with Crippen LogP contribution in [0.4, 0.5) is 4.79 Å². The van der Waals surface area contributed by atoms with Gasteiger partial charge in [0.05, 0.1) is 15.2 Å². The van der Waals surface area contributed by atoms with Gasteiger partial charge in [0.15, 0.2) is 0 Å². The molecule has 0 heterocycles. The van der Waals surface area contributed by atoms with Crippen molar-refractivity contribution in [1.82, 2.24) is 5.32 Å². The first-order chi connectivity index (χ1) is 12.6. The van der Waals surface area contributed by atoms with Crippen LogP contribution in [0.2, 0.25) is 18.1 Å². The van der Waals surface area contributed by atoms with Crippen LogP contribution in [0.1, 0.15) is 59.9 Å². The molecule has 1 rings (SSSR count). The van der Waals surface area contributed by atoms with Crippen molar-refractivity contribution < 1.29 is 19.1 Å². The fraction of sp³-hybridized carbons (Fsp3) is 0.636. The maximum Gasteiger partial charge on any atom is 0.408 e. The van der Waals surface area contributed by atoms with Gasteiger partial charge < -0.3 is 14.8 Å². The molecule has 0 saturated heterocycles. The lowest BCUT2D eigenvalue weighted by Crippen LogP contribution is -2.49. The zero-order chi connectivity index (χ0) is 21.9. The number of esters is 1. The monoisotopic (exact) mass is 407 g/mol. The van der Waals surface area contributed by atoms with Crippen molar-refractivity contribution in [2.75, 3.05) is 7.11 Å². The number of rotatable bonds is 5. The maximum atomic E-state index is 12.3. The van der Waals surface area contributed by atoms with Crippen molar-refractivity contribution in [2.24, 2.45) is 0 Å². The molecule has 1 N–H and O–H groups in total. The summed E-state index contributed by atoms with van der Waals surface area (Å²) >= 11 is 0. The van der Waals surface area contributed by atoms with Gasteiger partial charge in [-0.15, -0.1) is 0 Å². The van der Waals surface area contributed by atoms with Crippen LogP contribution in [0, 0.1) is 0 Å². The number of amides is 1.